The first-order chi connectivity index (χ1) is 13.1. The highest BCUT2D eigenvalue weighted by Crippen LogP contribution is 2.40. The average Bonchev–Trinajstić information content (AvgIpc) is 2.63. The fraction of sp³-hybridized carbons (Fsp3) is 0.176. The van der Waals surface area contributed by atoms with Gasteiger partial charge in [0.1, 0.15) is 6.07 Å². The van der Waals surface area contributed by atoms with Crippen LogP contribution in [0.4, 0.5) is 24.5 Å². The molecule has 146 valence electrons. The third-order valence-electron chi connectivity index (χ3n) is 3.58. The predicted octanol–water partition coefficient (Wildman–Crippen LogP) is 5.67. The number of hydrogen-bond acceptors (Lipinski definition) is 5. The van der Waals surface area contributed by atoms with Crippen molar-refractivity contribution >= 4 is 40.3 Å². The van der Waals surface area contributed by atoms with Crippen molar-refractivity contribution < 1.29 is 18.1 Å². The maximum Gasteiger partial charge on any atom is 0.416 e. The summed E-state index contributed by atoms with van der Waals surface area (Å²) < 4.78 is 38.7. The van der Waals surface area contributed by atoms with Crippen molar-refractivity contribution in [1.29, 1.82) is 5.26 Å². The highest BCUT2D eigenvalue weighted by molar-refractivity contribution is 6.39. The van der Waals surface area contributed by atoms with Crippen LogP contribution in [-0.4, -0.2) is 17.2 Å². The summed E-state index contributed by atoms with van der Waals surface area (Å²) in [5, 5.41) is 24.8. The first-order valence-corrected chi connectivity index (χ1v) is 8.41. The van der Waals surface area contributed by atoms with Gasteiger partial charge in [-0.2, -0.15) is 23.5 Å². The van der Waals surface area contributed by atoms with E-state index in [9.17, 15) is 28.5 Å². The minimum Gasteiger partial charge on any atom is -0.261 e. The normalized spacial score (nSPS) is 11.8. The van der Waals surface area contributed by atoms with Gasteiger partial charge in [0.25, 0.3) is 5.69 Å². The van der Waals surface area contributed by atoms with Crippen molar-refractivity contribution in [3.8, 4) is 6.07 Å². The van der Waals surface area contributed by atoms with Gasteiger partial charge in [-0.05, 0) is 31.2 Å². The van der Waals surface area contributed by atoms with Crippen molar-refractivity contribution in [2.45, 2.75) is 13.1 Å². The lowest BCUT2D eigenvalue weighted by Crippen LogP contribution is -2.20. The van der Waals surface area contributed by atoms with Crippen LogP contribution in [-0.2, 0) is 6.18 Å². The van der Waals surface area contributed by atoms with E-state index in [-0.39, 0.29) is 39.2 Å². The van der Waals surface area contributed by atoms with Crippen molar-refractivity contribution in [1.82, 2.24) is 0 Å². The Balaban J connectivity index is 2.49. The first-order valence-electron chi connectivity index (χ1n) is 7.65. The lowest BCUT2D eigenvalue weighted by atomic mass is 10.1. The zero-order chi connectivity index (χ0) is 21.1. The SMILES string of the molecule is CCN(/N=C(\C#N)c1ccc([N+](=O)[O-])cc1)c1c(Cl)cc(C(F)(F)F)cc1Cl. The summed E-state index contributed by atoms with van der Waals surface area (Å²) in [5.74, 6) is 0. The number of nitro groups is 1. The van der Waals surface area contributed by atoms with E-state index in [1.165, 1.54) is 29.3 Å². The van der Waals surface area contributed by atoms with Crippen LogP contribution in [0.2, 0.25) is 10.0 Å². The third-order valence-corrected chi connectivity index (χ3v) is 4.16. The van der Waals surface area contributed by atoms with Crippen LogP contribution in [0.5, 0.6) is 0 Å². The zero-order valence-electron chi connectivity index (χ0n) is 14.2. The number of nitriles is 1. The zero-order valence-corrected chi connectivity index (χ0v) is 15.7. The lowest BCUT2D eigenvalue weighted by molar-refractivity contribution is -0.384. The Bertz CT molecular complexity index is 947. The molecule has 6 nitrogen and oxygen atoms in total. The van der Waals surface area contributed by atoms with Gasteiger partial charge in [0.05, 0.1) is 26.2 Å². The smallest absolute Gasteiger partial charge is 0.261 e. The quantitative estimate of drug-likeness (QED) is 0.347. The molecule has 2 rings (SSSR count). The molecule has 0 unspecified atom stereocenters. The minimum atomic E-state index is -4.62. The van der Waals surface area contributed by atoms with Crippen LogP contribution in [0.15, 0.2) is 41.5 Å². The van der Waals surface area contributed by atoms with Crippen LogP contribution >= 0.6 is 23.2 Å². The Morgan fingerprint density at radius 2 is 1.79 bits per heavy atom. The highest BCUT2D eigenvalue weighted by Gasteiger charge is 2.32. The number of nitro benzene ring substituents is 1. The van der Waals surface area contributed by atoms with E-state index >= 15 is 0 Å². The van der Waals surface area contributed by atoms with E-state index in [2.05, 4.69) is 5.10 Å². The standard InChI is InChI=1S/C17H11Cl2F3N4O2/c1-2-25(16-13(18)7-11(8-14(16)19)17(20,21)22)24-15(9-23)10-3-5-12(6-4-10)26(27)28/h3-8H,2H2,1H3/b24-15+. The Hall–Kier alpha value is -2.83. The van der Waals surface area contributed by atoms with Crippen molar-refractivity contribution in [2.24, 2.45) is 5.10 Å². The number of rotatable bonds is 5. The number of non-ortho nitro benzene ring substituents is 1. The molecular formula is C17H11Cl2F3N4O2. The second kappa shape index (κ2) is 8.46. The van der Waals surface area contributed by atoms with Gasteiger partial charge in [0, 0.05) is 24.2 Å². The fourth-order valence-electron chi connectivity index (χ4n) is 2.26. The molecule has 11 heteroatoms. The molecule has 0 saturated heterocycles. The van der Waals surface area contributed by atoms with Gasteiger partial charge < -0.3 is 0 Å². The molecular weight excluding hydrogens is 420 g/mol. The van der Waals surface area contributed by atoms with Gasteiger partial charge >= 0.3 is 6.18 Å². The van der Waals surface area contributed by atoms with Crippen LogP contribution in [0.3, 0.4) is 0 Å². The average molecular weight is 431 g/mol. The first kappa shape index (κ1) is 21.5. The molecule has 0 spiro atoms. The third kappa shape index (κ3) is 4.71. The molecule has 0 radical (unpaired) electrons. The molecule has 0 aliphatic heterocycles. The molecule has 0 heterocycles. The van der Waals surface area contributed by atoms with Gasteiger partial charge in [-0.3, -0.25) is 15.1 Å². The van der Waals surface area contributed by atoms with Crippen molar-refractivity contribution in [2.75, 3.05) is 11.6 Å². The van der Waals surface area contributed by atoms with E-state index < -0.39 is 16.7 Å². The Morgan fingerprint density at radius 3 is 2.18 bits per heavy atom. The van der Waals surface area contributed by atoms with Gasteiger partial charge in [0.2, 0.25) is 0 Å². The summed E-state index contributed by atoms with van der Waals surface area (Å²) in [7, 11) is 0. The number of benzene rings is 2. The van der Waals surface area contributed by atoms with E-state index in [4.69, 9.17) is 23.2 Å². The van der Waals surface area contributed by atoms with Crippen LogP contribution in [0.25, 0.3) is 0 Å². The van der Waals surface area contributed by atoms with Gasteiger partial charge in [-0.1, -0.05) is 23.2 Å². The van der Waals surface area contributed by atoms with Gasteiger partial charge in [-0.25, -0.2) is 0 Å². The summed E-state index contributed by atoms with van der Waals surface area (Å²) >= 11 is 12.0. The molecule has 0 aliphatic rings. The second-order valence-corrected chi connectivity index (χ2v) is 6.18. The Morgan fingerprint density at radius 1 is 1.25 bits per heavy atom. The molecule has 28 heavy (non-hydrogen) atoms. The van der Waals surface area contributed by atoms with Crippen LogP contribution in [0.1, 0.15) is 18.1 Å². The highest BCUT2D eigenvalue weighted by atomic mass is 35.5. The topological polar surface area (TPSA) is 82.5 Å². The summed E-state index contributed by atoms with van der Waals surface area (Å²) in [6, 6.07) is 8.38. The summed E-state index contributed by atoms with van der Waals surface area (Å²) in [5.41, 5.74) is -1.01. The number of hydrogen-bond donors (Lipinski definition) is 0. The fourth-order valence-corrected chi connectivity index (χ4v) is 2.94. The van der Waals surface area contributed by atoms with Crippen LogP contribution < -0.4 is 5.01 Å². The van der Waals surface area contributed by atoms with E-state index in [0.717, 1.165) is 12.1 Å². The second-order valence-electron chi connectivity index (χ2n) is 5.37. The number of alkyl halides is 3. The lowest BCUT2D eigenvalue weighted by Gasteiger charge is -2.21. The molecule has 2 aromatic rings. The predicted molar refractivity (Wildman–Crippen MR) is 99.7 cm³/mol. The molecule has 2 aromatic carbocycles. The molecule has 0 N–H and O–H groups in total. The Labute approximate surface area is 167 Å². The molecule has 0 saturated carbocycles. The van der Waals surface area contributed by atoms with E-state index in [0.29, 0.717) is 0 Å². The maximum absolute atomic E-state index is 12.9. The van der Waals surface area contributed by atoms with Gasteiger partial charge in [0.15, 0.2) is 5.71 Å². The molecule has 0 atom stereocenters. The Kier molecular flexibility index (Phi) is 6.48. The maximum atomic E-state index is 12.9. The summed E-state index contributed by atoms with van der Waals surface area (Å²) in [4.78, 5) is 10.1. The largest absolute Gasteiger partial charge is 0.416 e. The van der Waals surface area contributed by atoms with Crippen molar-refractivity contribution in [3.63, 3.8) is 0 Å². The van der Waals surface area contributed by atoms with Crippen LogP contribution in [0, 0.1) is 21.4 Å². The number of anilines is 1. The number of hydrazone groups is 1. The molecule has 0 bridgehead atoms. The van der Waals surface area contributed by atoms with Crippen molar-refractivity contribution in [3.05, 3.63) is 67.7 Å². The monoisotopic (exact) mass is 430 g/mol. The van der Waals surface area contributed by atoms with Gasteiger partial charge in [-0.15, -0.1) is 0 Å². The molecule has 0 aromatic heterocycles. The van der Waals surface area contributed by atoms with E-state index in [1.807, 2.05) is 6.07 Å². The summed E-state index contributed by atoms with van der Waals surface area (Å²) in [6.45, 7) is 1.78. The molecule has 0 amide bonds. The minimum absolute atomic E-state index is 0.00787. The summed E-state index contributed by atoms with van der Waals surface area (Å²) in [6.07, 6.45) is -4.62. The molecule has 0 fully saturated rings. The number of halogens is 5. The van der Waals surface area contributed by atoms with E-state index in [1.54, 1.807) is 6.92 Å². The number of nitrogens with zero attached hydrogens (tertiary/aromatic N) is 4. The molecule has 0 aliphatic carbocycles.